The Labute approximate surface area is 174 Å². The summed E-state index contributed by atoms with van der Waals surface area (Å²) in [7, 11) is -3.42. The number of rotatable bonds is 6. The molecule has 0 saturated carbocycles. The molecule has 144 valence electrons. The second kappa shape index (κ2) is 8.33. The van der Waals surface area contributed by atoms with E-state index in [9.17, 15) is 8.42 Å². The summed E-state index contributed by atoms with van der Waals surface area (Å²) in [6, 6.07) is 3.40. The maximum atomic E-state index is 12.7. The van der Waals surface area contributed by atoms with Gasteiger partial charge < -0.3 is 4.74 Å². The minimum absolute atomic E-state index is 0.0510. The fraction of sp³-hybridized carbons (Fsp3) is 0.571. The highest BCUT2D eigenvalue weighted by atomic mass is 79.9. The first-order valence-corrected chi connectivity index (χ1v) is 12.3. The summed E-state index contributed by atoms with van der Waals surface area (Å²) in [6.07, 6.45) is 0.0510. The number of ether oxygens (including phenoxy) is 1. The second-order valence-corrected chi connectivity index (χ2v) is 12.2. The SMILES string of the molecule is CC(C)Oc1nn(CN2CCN(S(=O)(=O)c3ccc(Br)s3)CC2)c(=S)s1. The van der Waals surface area contributed by atoms with Crippen LogP contribution in [0.15, 0.2) is 20.1 Å². The van der Waals surface area contributed by atoms with Gasteiger partial charge in [0.2, 0.25) is 0 Å². The molecule has 0 amide bonds. The molecule has 1 saturated heterocycles. The molecule has 2 aromatic rings. The van der Waals surface area contributed by atoms with Gasteiger partial charge in [0.25, 0.3) is 15.2 Å². The largest absolute Gasteiger partial charge is 0.466 e. The lowest BCUT2D eigenvalue weighted by Gasteiger charge is -2.33. The predicted octanol–water partition coefficient (Wildman–Crippen LogP) is 3.25. The molecule has 0 atom stereocenters. The Hall–Kier alpha value is -0.370. The highest BCUT2D eigenvalue weighted by Crippen LogP contribution is 2.29. The van der Waals surface area contributed by atoms with Gasteiger partial charge in [-0.25, -0.2) is 13.1 Å². The minimum atomic E-state index is -3.42. The fourth-order valence-electron chi connectivity index (χ4n) is 2.49. The third-order valence-electron chi connectivity index (χ3n) is 3.73. The van der Waals surface area contributed by atoms with E-state index in [1.54, 1.807) is 16.8 Å². The van der Waals surface area contributed by atoms with Gasteiger partial charge in [-0.15, -0.1) is 16.4 Å². The highest BCUT2D eigenvalue weighted by Gasteiger charge is 2.29. The summed E-state index contributed by atoms with van der Waals surface area (Å²) >= 11 is 11.2. The van der Waals surface area contributed by atoms with E-state index in [4.69, 9.17) is 17.0 Å². The molecule has 26 heavy (non-hydrogen) atoms. The van der Waals surface area contributed by atoms with Crippen molar-refractivity contribution >= 4 is 60.8 Å². The second-order valence-electron chi connectivity index (χ2n) is 6.02. The number of halogens is 1. The molecule has 0 unspecified atom stereocenters. The third-order valence-corrected chi connectivity index (χ3v) is 8.92. The van der Waals surface area contributed by atoms with Crippen LogP contribution >= 0.6 is 50.8 Å². The minimum Gasteiger partial charge on any atom is -0.466 e. The molecule has 1 aliphatic rings. The van der Waals surface area contributed by atoms with Crippen molar-refractivity contribution < 1.29 is 13.2 Å². The molecule has 0 aromatic carbocycles. The van der Waals surface area contributed by atoms with Crippen molar-refractivity contribution in [2.75, 3.05) is 26.2 Å². The van der Waals surface area contributed by atoms with Crippen LogP contribution in [0.4, 0.5) is 0 Å². The van der Waals surface area contributed by atoms with E-state index in [0.29, 0.717) is 46.2 Å². The molecule has 1 fully saturated rings. The number of piperazine rings is 1. The van der Waals surface area contributed by atoms with Gasteiger partial charge in [0.1, 0.15) is 4.21 Å². The normalized spacial score (nSPS) is 17.1. The van der Waals surface area contributed by atoms with Crippen LogP contribution in [0, 0.1) is 3.95 Å². The Morgan fingerprint density at radius 1 is 1.27 bits per heavy atom. The maximum Gasteiger partial charge on any atom is 0.293 e. The van der Waals surface area contributed by atoms with E-state index in [1.807, 2.05) is 13.8 Å². The van der Waals surface area contributed by atoms with Crippen LogP contribution in [-0.2, 0) is 16.7 Å². The van der Waals surface area contributed by atoms with Gasteiger partial charge in [0.05, 0.1) is 16.6 Å². The van der Waals surface area contributed by atoms with E-state index in [-0.39, 0.29) is 6.10 Å². The zero-order chi connectivity index (χ0) is 18.9. The Balaban J connectivity index is 1.61. The van der Waals surface area contributed by atoms with Crippen LogP contribution in [0.3, 0.4) is 0 Å². The molecule has 12 heteroatoms. The first-order chi connectivity index (χ1) is 12.3. The zero-order valence-corrected chi connectivity index (χ0v) is 19.1. The van der Waals surface area contributed by atoms with Crippen molar-refractivity contribution in [2.45, 2.75) is 30.8 Å². The van der Waals surface area contributed by atoms with Gasteiger partial charge in [-0.2, -0.15) is 4.31 Å². The quantitative estimate of drug-likeness (QED) is 0.569. The van der Waals surface area contributed by atoms with Crippen LogP contribution in [0.2, 0.25) is 0 Å². The summed E-state index contributed by atoms with van der Waals surface area (Å²) in [4.78, 5) is 2.14. The average Bonchev–Trinajstić information content (AvgIpc) is 3.14. The summed E-state index contributed by atoms with van der Waals surface area (Å²) in [5.41, 5.74) is 0. The van der Waals surface area contributed by atoms with E-state index in [1.165, 1.54) is 27.0 Å². The molecule has 2 aromatic heterocycles. The lowest BCUT2D eigenvalue weighted by atomic mass is 10.4. The van der Waals surface area contributed by atoms with Crippen LogP contribution in [0.5, 0.6) is 5.19 Å². The summed E-state index contributed by atoms with van der Waals surface area (Å²) in [5.74, 6) is 0. The number of nitrogens with zero attached hydrogens (tertiary/aromatic N) is 4. The molecule has 1 aliphatic heterocycles. The lowest BCUT2D eigenvalue weighted by molar-refractivity contribution is 0.142. The standard InChI is InChI=1S/C14H19BrN4O3S4/c1-10(2)22-13-16-19(14(23)25-13)9-17-5-7-18(8-6-17)26(20,21)12-4-3-11(15)24-12/h3-4,10H,5-9H2,1-2H3. The van der Waals surface area contributed by atoms with Crippen LogP contribution in [0.1, 0.15) is 13.8 Å². The van der Waals surface area contributed by atoms with E-state index in [0.717, 1.165) is 3.79 Å². The Morgan fingerprint density at radius 3 is 2.54 bits per heavy atom. The zero-order valence-electron chi connectivity index (χ0n) is 14.3. The van der Waals surface area contributed by atoms with Crippen molar-refractivity contribution in [1.29, 1.82) is 0 Å². The maximum absolute atomic E-state index is 12.7. The van der Waals surface area contributed by atoms with E-state index >= 15 is 0 Å². The summed E-state index contributed by atoms with van der Waals surface area (Å²) < 4.78 is 36.0. The molecule has 3 heterocycles. The van der Waals surface area contributed by atoms with E-state index in [2.05, 4.69) is 25.9 Å². The highest BCUT2D eigenvalue weighted by molar-refractivity contribution is 9.11. The molecule has 0 spiro atoms. The molecule has 0 bridgehead atoms. The molecular weight excluding hydrogens is 480 g/mol. The van der Waals surface area contributed by atoms with Gasteiger partial charge in [-0.05, 0) is 65.5 Å². The predicted molar refractivity (Wildman–Crippen MR) is 109 cm³/mol. The topological polar surface area (TPSA) is 67.7 Å². The number of aromatic nitrogens is 2. The molecule has 7 nitrogen and oxygen atoms in total. The smallest absolute Gasteiger partial charge is 0.293 e. The van der Waals surface area contributed by atoms with E-state index < -0.39 is 10.0 Å². The van der Waals surface area contributed by atoms with Crippen LogP contribution in [-0.4, -0.2) is 59.7 Å². The van der Waals surface area contributed by atoms with Crippen LogP contribution < -0.4 is 4.74 Å². The average molecular weight is 500 g/mol. The molecule has 0 aliphatic carbocycles. The number of sulfonamides is 1. The van der Waals surface area contributed by atoms with Gasteiger partial charge in [0, 0.05) is 26.2 Å². The molecular formula is C14H19BrN4O3S4. The monoisotopic (exact) mass is 498 g/mol. The summed E-state index contributed by atoms with van der Waals surface area (Å²) in [5, 5.41) is 4.96. The third kappa shape index (κ3) is 4.72. The molecule has 0 radical (unpaired) electrons. The summed E-state index contributed by atoms with van der Waals surface area (Å²) in [6.45, 7) is 6.59. The van der Waals surface area contributed by atoms with Gasteiger partial charge in [-0.1, -0.05) is 0 Å². The number of thiophene rings is 1. The fourth-order valence-corrected chi connectivity index (χ4v) is 7.12. The van der Waals surface area contributed by atoms with Crippen LogP contribution in [0.25, 0.3) is 0 Å². The van der Waals surface area contributed by atoms with Crippen molar-refractivity contribution in [3.63, 3.8) is 0 Å². The van der Waals surface area contributed by atoms with Crippen molar-refractivity contribution in [3.05, 3.63) is 19.9 Å². The van der Waals surface area contributed by atoms with Gasteiger partial charge in [0.15, 0.2) is 3.95 Å². The Morgan fingerprint density at radius 2 is 1.96 bits per heavy atom. The Bertz CT molecular complexity index is 913. The van der Waals surface area contributed by atoms with Gasteiger partial charge in [-0.3, -0.25) is 4.90 Å². The first kappa shape index (κ1) is 20.4. The molecule has 3 rings (SSSR count). The van der Waals surface area contributed by atoms with Crippen molar-refractivity contribution in [1.82, 2.24) is 19.0 Å². The van der Waals surface area contributed by atoms with Crippen molar-refractivity contribution in [2.24, 2.45) is 0 Å². The molecule has 0 N–H and O–H groups in total. The van der Waals surface area contributed by atoms with Gasteiger partial charge >= 0.3 is 0 Å². The van der Waals surface area contributed by atoms with Crippen molar-refractivity contribution in [3.8, 4) is 5.19 Å². The lowest BCUT2D eigenvalue weighted by Crippen LogP contribution is -2.48. The first-order valence-electron chi connectivity index (χ1n) is 7.98. The number of hydrogen-bond donors (Lipinski definition) is 0. The number of hydrogen-bond acceptors (Lipinski definition) is 8. The Kier molecular flexibility index (Phi) is 6.53.